The first-order chi connectivity index (χ1) is 17.8. The topological polar surface area (TPSA) is 31.2 Å². The molecule has 0 radical (unpaired) electrons. The van der Waals surface area contributed by atoms with Crippen molar-refractivity contribution in [3.05, 3.63) is 132 Å². The summed E-state index contributed by atoms with van der Waals surface area (Å²) in [7, 11) is 0. The quantitative estimate of drug-likeness (QED) is 0.291. The molecule has 0 aliphatic carbocycles. The molecule has 0 N–H and O–H groups in total. The predicted octanol–water partition coefficient (Wildman–Crippen LogP) is 7.52. The Labute approximate surface area is 217 Å². The lowest BCUT2D eigenvalue weighted by Crippen LogP contribution is -2.56. The van der Waals surface area contributed by atoms with Crippen LogP contribution in [0.15, 0.2) is 125 Å². The number of hydrogen-bond donors (Lipinski definition) is 0. The Balaban J connectivity index is 1.49. The molecule has 4 nitrogen and oxygen atoms in total. The fourth-order valence-electron chi connectivity index (χ4n) is 4.80. The van der Waals surface area contributed by atoms with E-state index in [0.717, 1.165) is 47.0 Å². The van der Waals surface area contributed by atoms with Crippen molar-refractivity contribution in [2.45, 2.75) is 31.2 Å². The highest BCUT2D eigenvalue weighted by Gasteiger charge is 2.52. The number of hydrazone groups is 2. The molecule has 0 saturated carbocycles. The number of benzene rings is 4. The Morgan fingerprint density at radius 1 is 0.667 bits per heavy atom. The molecule has 0 saturated heterocycles. The van der Waals surface area contributed by atoms with Gasteiger partial charge in [0.25, 0.3) is 0 Å². The van der Waals surface area contributed by atoms with Crippen LogP contribution >= 0.6 is 11.8 Å². The monoisotopic (exact) mass is 488 g/mol. The van der Waals surface area contributed by atoms with Gasteiger partial charge in [0.1, 0.15) is 5.04 Å². The van der Waals surface area contributed by atoms with Gasteiger partial charge in [0.2, 0.25) is 4.99 Å². The fraction of sp³-hybridized carbons (Fsp3) is 0.161. The zero-order valence-corrected chi connectivity index (χ0v) is 21.1. The second-order valence-corrected chi connectivity index (χ2v) is 10.3. The van der Waals surface area contributed by atoms with Gasteiger partial charge in [0.15, 0.2) is 0 Å². The van der Waals surface area contributed by atoms with Gasteiger partial charge in [0.05, 0.1) is 17.1 Å². The summed E-state index contributed by atoms with van der Waals surface area (Å²) in [6, 6.07) is 40.2. The van der Waals surface area contributed by atoms with Crippen LogP contribution in [0.4, 0.5) is 11.4 Å². The molecular formula is C31H28N4S. The molecule has 36 heavy (non-hydrogen) atoms. The Kier molecular flexibility index (Phi) is 6.08. The summed E-state index contributed by atoms with van der Waals surface area (Å²) in [4.78, 5) is -0.513. The summed E-state index contributed by atoms with van der Waals surface area (Å²) in [6.45, 7) is 2.19. The van der Waals surface area contributed by atoms with Crippen LogP contribution in [0.25, 0.3) is 0 Å². The van der Waals surface area contributed by atoms with E-state index in [0.29, 0.717) is 0 Å². The molecular weight excluding hydrogens is 460 g/mol. The van der Waals surface area contributed by atoms with Crippen molar-refractivity contribution in [2.24, 2.45) is 10.2 Å². The molecule has 0 fully saturated rings. The Hall–Kier alpha value is -3.83. The first-order valence-electron chi connectivity index (χ1n) is 12.5. The fourth-order valence-corrected chi connectivity index (χ4v) is 6.16. The first-order valence-corrected chi connectivity index (χ1v) is 13.3. The summed E-state index contributed by atoms with van der Waals surface area (Å²) in [5.74, 6) is 0. The number of thioether (sulfide) groups is 1. The van der Waals surface area contributed by atoms with E-state index in [4.69, 9.17) is 10.2 Å². The third kappa shape index (κ3) is 4.10. The molecule has 4 aromatic rings. The highest BCUT2D eigenvalue weighted by atomic mass is 32.2. The van der Waals surface area contributed by atoms with E-state index in [2.05, 4.69) is 120 Å². The van der Waals surface area contributed by atoms with Gasteiger partial charge in [-0.2, -0.15) is 10.2 Å². The van der Waals surface area contributed by atoms with Crippen LogP contribution in [0.1, 0.15) is 36.5 Å². The molecule has 0 aromatic heterocycles. The maximum atomic E-state index is 5.33. The third-order valence-corrected chi connectivity index (χ3v) is 8.13. The first kappa shape index (κ1) is 22.6. The minimum absolute atomic E-state index is 0.513. The van der Waals surface area contributed by atoms with Gasteiger partial charge in [-0.15, -0.1) is 0 Å². The molecule has 0 bridgehead atoms. The molecule has 0 unspecified atom stereocenters. The van der Waals surface area contributed by atoms with Crippen molar-refractivity contribution in [1.82, 2.24) is 0 Å². The predicted molar refractivity (Wildman–Crippen MR) is 153 cm³/mol. The third-order valence-electron chi connectivity index (χ3n) is 6.74. The molecule has 2 heterocycles. The van der Waals surface area contributed by atoms with Gasteiger partial charge in [-0.25, -0.2) is 10.0 Å². The number of para-hydroxylation sites is 2. The number of hydrogen-bond acceptors (Lipinski definition) is 5. The highest BCUT2D eigenvalue weighted by molar-refractivity contribution is 8.16. The molecule has 0 amide bonds. The normalized spacial score (nSPS) is 19.4. The van der Waals surface area contributed by atoms with E-state index in [-0.39, 0.29) is 0 Å². The molecule has 6 rings (SSSR count). The van der Waals surface area contributed by atoms with Gasteiger partial charge in [-0.05, 0) is 60.0 Å². The maximum Gasteiger partial charge on any atom is 0.208 e. The molecule has 2 aliphatic rings. The number of anilines is 2. The summed E-state index contributed by atoms with van der Waals surface area (Å²) < 4.78 is 0. The summed E-state index contributed by atoms with van der Waals surface area (Å²) in [5.41, 5.74) is 6.86. The minimum Gasteiger partial charge on any atom is -0.228 e. The van der Waals surface area contributed by atoms with Gasteiger partial charge in [-0.1, -0.05) is 97.9 Å². The zero-order chi connectivity index (χ0) is 24.4. The van der Waals surface area contributed by atoms with Crippen molar-refractivity contribution in [3.8, 4) is 0 Å². The lowest BCUT2D eigenvalue weighted by Gasteiger charge is -2.46. The maximum absolute atomic E-state index is 5.33. The largest absolute Gasteiger partial charge is 0.228 e. The molecule has 1 spiro atoms. The standard InChI is InChI=1S/C31H28N4S/c1-2-24-18-20-25(21-19-24)29-22-23-31(34(32-29)27-14-8-4-9-15-27)35(28-16-10-5-11-17-28)33-30(36-31)26-12-6-3-7-13-26/h3-21H,2,22-23H2,1H3/t31-/m0/s1. The molecule has 178 valence electrons. The van der Waals surface area contributed by atoms with E-state index >= 15 is 0 Å². The minimum atomic E-state index is -0.513. The number of nitrogens with zero attached hydrogens (tertiary/aromatic N) is 4. The van der Waals surface area contributed by atoms with Crippen LogP contribution in [0.3, 0.4) is 0 Å². The Morgan fingerprint density at radius 2 is 1.22 bits per heavy atom. The van der Waals surface area contributed by atoms with E-state index in [1.165, 1.54) is 11.1 Å². The van der Waals surface area contributed by atoms with Gasteiger partial charge in [-0.3, -0.25) is 0 Å². The van der Waals surface area contributed by atoms with Crippen molar-refractivity contribution in [3.63, 3.8) is 0 Å². The zero-order valence-electron chi connectivity index (χ0n) is 20.3. The Bertz CT molecular complexity index is 1390. The second-order valence-electron chi connectivity index (χ2n) is 9.01. The lowest BCUT2D eigenvalue weighted by atomic mass is 10.0. The van der Waals surface area contributed by atoms with Crippen LogP contribution < -0.4 is 10.0 Å². The van der Waals surface area contributed by atoms with Crippen LogP contribution in [0, 0.1) is 0 Å². The summed E-state index contributed by atoms with van der Waals surface area (Å²) in [5, 5.41) is 15.9. The van der Waals surface area contributed by atoms with Gasteiger partial charge < -0.3 is 0 Å². The van der Waals surface area contributed by atoms with Crippen molar-refractivity contribution in [2.75, 3.05) is 10.0 Å². The highest BCUT2D eigenvalue weighted by Crippen LogP contribution is 2.51. The Morgan fingerprint density at radius 3 is 1.81 bits per heavy atom. The SMILES string of the molecule is CCc1ccc(C2=NN(c3ccccc3)[C@]3(CC2)SC(c2ccccc2)=NN3c2ccccc2)cc1. The second kappa shape index (κ2) is 9.67. The van der Waals surface area contributed by atoms with Crippen molar-refractivity contribution < 1.29 is 0 Å². The molecule has 1 atom stereocenters. The molecule has 4 aromatic carbocycles. The summed E-state index contributed by atoms with van der Waals surface area (Å²) in [6.07, 6.45) is 2.77. The average molecular weight is 489 g/mol. The van der Waals surface area contributed by atoms with Crippen molar-refractivity contribution in [1.29, 1.82) is 0 Å². The number of rotatable bonds is 5. The van der Waals surface area contributed by atoms with Gasteiger partial charge >= 0.3 is 0 Å². The smallest absolute Gasteiger partial charge is 0.208 e. The number of aryl methyl sites for hydroxylation is 1. The van der Waals surface area contributed by atoms with Crippen LogP contribution in [0.2, 0.25) is 0 Å². The summed E-state index contributed by atoms with van der Waals surface area (Å²) >= 11 is 1.79. The van der Waals surface area contributed by atoms with E-state index in [1.54, 1.807) is 11.8 Å². The van der Waals surface area contributed by atoms with Crippen LogP contribution in [-0.2, 0) is 6.42 Å². The van der Waals surface area contributed by atoms with Crippen LogP contribution in [-0.4, -0.2) is 15.8 Å². The van der Waals surface area contributed by atoms with E-state index in [1.807, 2.05) is 12.1 Å². The lowest BCUT2D eigenvalue weighted by molar-refractivity contribution is 0.487. The molecule has 5 heteroatoms. The molecule has 2 aliphatic heterocycles. The van der Waals surface area contributed by atoms with E-state index < -0.39 is 4.99 Å². The van der Waals surface area contributed by atoms with E-state index in [9.17, 15) is 0 Å². The van der Waals surface area contributed by atoms with Gasteiger partial charge in [0, 0.05) is 12.0 Å². The van der Waals surface area contributed by atoms with Crippen LogP contribution in [0.5, 0.6) is 0 Å². The van der Waals surface area contributed by atoms with Crippen molar-refractivity contribution >= 4 is 33.9 Å². The average Bonchev–Trinajstić information content (AvgIpc) is 3.34.